The number of Topliss-reactive ketones (excluding diaryl/α,β-unsaturated/α-hetero) is 1. The van der Waals surface area contributed by atoms with Crippen molar-refractivity contribution < 1.29 is 27.9 Å². The molecule has 4 rings (SSSR count). The van der Waals surface area contributed by atoms with Crippen LogP contribution in [0.3, 0.4) is 0 Å². The van der Waals surface area contributed by atoms with E-state index >= 15 is 0 Å². The molecule has 2 aromatic rings. The molecule has 1 amide bonds. The fourth-order valence-electron chi connectivity index (χ4n) is 4.12. The average Bonchev–Trinajstić information content (AvgIpc) is 2.68. The van der Waals surface area contributed by atoms with Crippen LogP contribution in [0.4, 0.5) is 18.9 Å². The van der Waals surface area contributed by atoms with Crippen LogP contribution in [0.5, 0.6) is 5.75 Å². The number of halogens is 4. The molecule has 1 atom stereocenters. The topological polar surface area (TPSA) is 57.6 Å². The highest BCUT2D eigenvalue weighted by Crippen LogP contribution is 2.46. The van der Waals surface area contributed by atoms with E-state index < -0.39 is 23.6 Å². The highest BCUT2D eigenvalue weighted by Gasteiger charge is 2.41. The minimum Gasteiger partial charge on any atom is -0.508 e. The molecule has 0 spiro atoms. The Bertz CT molecular complexity index is 1060. The minimum atomic E-state index is -4.59. The molecule has 0 fully saturated rings. The number of benzene rings is 2. The van der Waals surface area contributed by atoms with Crippen LogP contribution in [0, 0.1) is 0 Å². The predicted molar refractivity (Wildman–Crippen MR) is 105 cm³/mol. The average molecular weight is 436 g/mol. The van der Waals surface area contributed by atoms with Gasteiger partial charge in [-0.15, -0.1) is 0 Å². The standard InChI is InChI=1S/C22H17ClF3NO3/c23-16-9-6-13(22(24,25)26)10-18(16)27-17-2-1-3-19(29)21(17)15(11-20(27)30)12-4-7-14(28)8-5-12/h4-10,15,28H,1-3,11H2. The first-order chi connectivity index (χ1) is 14.2. The molecular formula is C22H17ClF3NO3. The number of nitrogens with zero attached hydrogens (tertiary/aromatic N) is 1. The minimum absolute atomic E-state index is 0.00399. The van der Waals surface area contributed by atoms with Crippen molar-refractivity contribution in [3.63, 3.8) is 0 Å². The number of aromatic hydroxyl groups is 1. The van der Waals surface area contributed by atoms with Gasteiger partial charge in [-0.3, -0.25) is 14.5 Å². The molecule has 8 heteroatoms. The van der Waals surface area contributed by atoms with E-state index in [9.17, 15) is 27.9 Å². The predicted octanol–water partition coefficient (Wildman–Crippen LogP) is 5.59. The van der Waals surface area contributed by atoms with E-state index in [1.54, 1.807) is 12.1 Å². The third-order valence-corrected chi connectivity index (χ3v) is 5.80. The lowest BCUT2D eigenvalue weighted by Gasteiger charge is -2.38. The van der Waals surface area contributed by atoms with Gasteiger partial charge in [0.05, 0.1) is 16.3 Å². The SMILES string of the molecule is O=C1CCCC2=C1C(c1ccc(O)cc1)CC(=O)N2c1cc(C(F)(F)F)ccc1Cl. The van der Waals surface area contributed by atoms with Gasteiger partial charge in [0.2, 0.25) is 5.91 Å². The molecule has 2 aliphatic rings. The summed E-state index contributed by atoms with van der Waals surface area (Å²) in [5.41, 5.74) is 0.544. The Balaban J connectivity index is 1.88. The van der Waals surface area contributed by atoms with Crippen LogP contribution in [0.1, 0.15) is 42.7 Å². The molecule has 1 aliphatic carbocycles. The van der Waals surface area contributed by atoms with Gasteiger partial charge < -0.3 is 5.11 Å². The van der Waals surface area contributed by atoms with E-state index in [2.05, 4.69) is 0 Å². The maximum atomic E-state index is 13.2. The van der Waals surface area contributed by atoms with E-state index in [4.69, 9.17) is 11.6 Å². The van der Waals surface area contributed by atoms with E-state index in [1.165, 1.54) is 17.0 Å². The highest BCUT2D eigenvalue weighted by molar-refractivity contribution is 6.34. The van der Waals surface area contributed by atoms with Crippen LogP contribution in [-0.4, -0.2) is 16.8 Å². The molecule has 0 saturated carbocycles. The molecular weight excluding hydrogens is 419 g/mol. The number of ketones is 1. The van der Waals surface area contributed by atoms with E-state index in [0.29, 0.717) is 36.1 Å². The summed E-state index contributed by atoms with van der Waals surface area (Å²) in [5, 5.41) is 9.55. The number of phenolic OH excluding ortho intramolecular Hbond substituents is 1. The molecule has 2 aromatic carbocycles. The van der Waals surface area contributed by atoms with Crippen molar-refractivity contribution in [3.8, 4) is 5.75 Å². The second kappa shape index (κ2) is 7.47. The molecule has 1 N–H and O–H groups in total. The fraction of sp³-hybridized carbons (Fsp3) is 0.273. The van der Waals surface area contributed by atoms with Gasteiger partial charge in [-0.05, 0) is 48.7 Å². The van der Waals surface area contributed by atoms with Gasteiger partial charge in [0.1, 0.15) is 5.75 Å². The first-order valence-electron chi connectivity index (χ1n) is 9.41. The number of alkyl halides is 3. The van der Waals surface area contributed by atoms with Crippen molar-refractivity contribution >= 4 is 29.0 Å². The van der Waals surface area contributed by atoms with Crippen molar-refractivity contribution in [1.82, 2.24) is 0 Å². The maximum Gasteiger partial charge on any atom is 0.416 e. The first kappa shape index (κ1) is 20.5. The quantitative estimate of drug-likeness (QED) is 0.668. The number of anilines is 1. The van der Waals surface area contributed by atoms with Crippen LogP contribution in [0.25, 0.3) is 0 Å². The molecule has 0 aromatic heterocycles. The van der Waals surface area contributed by atoms with Gasteiger partial charge in [-0.2, -0.15) is 13.2 Å². The molecule has 156 valence electrons. The molecule has 30 heavy (non-hydrogen) atoms. The molecule has 0 saturated heterocycles. The zero-order chi connectivity index (χ0) is 21.6. The van der Waals surface area contributed by atoms with Crippen molar-refractivity contribution in [2.75, 3.05) is 4.90 Å². The van der Waals surface area contributed by atoms with Gasteiger partial charge in [0.15, 0.2) is 5.78 Å². The fourth-order valence-corrected chi connectivity index (χ4v) is 4.33. The van der Waals surface area contributed by atoms with Gasteiger partial charge >= 0.3 is 6.18 Å². The second-order valence-corrected chi connectivity index (χ2v) is 7.79. The number of amides is 1. The Morgan fingerprint density at radius 3 is 2.40 bits per heavy atom. The molecule has 0 bridgehead atoms. The van der Waals surface area contributed by atoms with Crippen LogP contribution >= 0.6 is 11.6 Å². The number of allylic oxidation sites excluding steroid dienone is 2. The Kier molecular flexibility index (Phi) is 5.10. The summed E-state index contributed by atoms with van der Waals surface area (Å²) in [4.78, 5) is 27.1. The first-order valence-corrected chi connectivity index (χ1v) is 9.79. The van der Waals surface area contributed by atoms with E-state index in [0.717, 1.165) is 18.2 Å². The van der Waals surface area contributed by atoms with E-state index in [1.807, 2.05) is 0 Å². The normalized spacial score (nSPS) is 19.9. The summed E-state index contributed by atoms with van der Waals surface area (Å²) in [6.07, 6.45) is -3.48. The number of hydrogen-bond acceptors (Lipinski definition) is 3. The Morgan fingerprint density at radius 2 is 1.73 bits per heavy atom. The van der Waals surface area contributed by atoms with Crippen molar-refractivity contribution in [2.45, 2.75) is 37.8 Å². The van der Waals surface area contributed by atoms with Gasteiger partial charge in [-0.25, -0.2) is 0 Å². The van der Waals surface area contributed by atoms with Crippen LogP contribution in [0.2, 0.25) is 5.02 Å². The third-order valence-electron chi connectivity index (χ3n) is 5.49. The van der Waals surface area contributed by atoms with Gasteiger partial charge in [0.25, 0.3) is 0 Å². The molecule has 4 nitrogen and oxygen atoms in total. The zero-order valence-corrected chi connectivity index (χ0v) is 16.4. The summed E-state index contributed by atoms with van der Waals surface area (Å²) in [7, 11) is 0. The lowest BCUT2D eigenvalue weighted by Crippen LogP contribution is -2.40. The highest BCUT2D eigenvalue weighted by atomic mass is 35.5. The van der Waals surface area contributed by atoms with Crippen molar-refractivity contribution in [3.05, 3.63) is 69.9 Å². The van der Waals surface area contributed by atoms with Crippen molar-refractivity contribution in [2.24, 2.45) is 0 Å². The van der Waals surface area contributed by atoms with Crippen LogP contribution in [0.15, 0.2) is 53.7 Å². The number of rotatable bonds is 2. The monoisotopic (exact) mass is 435 g/mol. The Hall–Kier alpha value is -2.80. The number of phenols is 1. The maximum absolute atomic E-state index is 13.2. The number of carbonyl (C=O) groups is 2. The lowest BCUT2D eigenvalue weighted by atomic mass is 9.77. The number of hydrogen-bond donors (Lipinski definition) is 1. The van der Waals surface area contributed by atoms with E-state index in [-0.39, 0.29) is 28.7 Å². The summed E-state index contributed by atoms with van der Waals surface area (Å²) in [5.74, 6) is -1.01. The molecule has 0 radical (unpaired) electrons. The van der Waals surface area contributed by atoms with Crippen LogP contribution in [-0.2, 0) is 15.8 Å². The van der Waals surface area contributed by atoms with Crippen LogP contribution < -0.4 is 4.90 Å². The third kappa shape index (κ3) is 3.58. The zero-order valence-electron chi connectivity index (χ0n) is 15.7. The largest absolute Gasteiger partial charge is 0.508 e. The van der Waals surface area contributed by atoms with Gasteiger partial charge in [0, 0.05) is 30.0 Å². The lowest BCUT2D eigenvalue weighted by molar-refractivity contribution is -0.137. The summed E-state index contributed by atoms with van der Waals surface area (Å²) < 4.78 is 39.7. The van der Waals surface area contributed by atoms with Crippen molar-refractivity contribution in [1.29, 1.82) is 0 Å². The Labute approximate surface area is 175 Å². The Morgan fingerprint density at radius 1 is 1.03 bits per heavy atom. The smallest absolute Gasteiger partial charge is 0.416 e. The summed E-state index contributed by atoms with van der Waals surface area (Å²) >= 11 is 6.19. The second-order valence-electron chi connectivity index (χ2n) is 7.38. The summed E-state index contributed by atoms with van der Waals surface area (Å²) in [6.45, 7) is 0. The summed E-state index contributed by atoms with van der Waals surface area (Å²) in [6, 6.07) is 9.07. The number of carbonyl (C=O) groups excluding carboxylic acids is 2. The molecule has 1 heterocycles. The van der Waals surface area contributed by atoms with Gasteiger partial charge in [-0.1, -0.05) is 23.7 Å². The molecule has 1 unspecified atom stereocenters. The molecule has 1 aliphatic heterocycles.